The third-order valence-electron chi connectivity index (χ3n) is 2.16. The Kier molecular flexibility index (Phi) is 6.89. The summed E-state index contributed by atoms with van der Waals surface area (Å²) in [5.74, 6) is 0.697. The van der Waals surface area contributed by atoms with Gasteiger partial charge in [-0.3, -0.25) is 0 Å². The maximum Gasteiger partial charge on any atom is 0.139 e. The lowest BCUT2D eigenvalue weighted by molar-refractivity contribution is 0.169. The molecule has 0 heterocycles. The predicted octanol–water partition coefficient (Wildman–Crippen LogP) is 3.11. The minimum atomic E-state index is 0.321. The van der Waals surface area contributed by atoms with E-state index in [1.807, 2.05) is 18.2 Å². The van der Waals surface area contributed by atoms with E-state index in [4.69, 9.17) is 21.1 Å². The zero-order valence-electron chi connectivity index (χ0n) is 10.0. The molecular weight excluding hydrogens is 305 g/mol. The Morgan fingerprint density at radius 3 is 2.94 bits per heavy atom. The summed E-state index contributed by atoms with van der Waals surface area (Å²) in [5, 5.41) is 3.91. The summed E-state index contributed by atoms with van der Waals surface area (Å²) < 4.78 is 11.6. The van der Waals surface area contributed by atoms with Crippen LogP contribution >= 0.6 is 27.5 Å². The van der Waals surface area contributed by atoms with Gasteiger partial charge in [0.1, 0.15) is 12.4 Å². The highest BCUT2D eigenvalue weighted by Crippen LogP contribution is 2.27. The van der Waals surface area contributed by atoms with Crippen molar-refractivity contribution in [2.45, 2.75) is 13.0 Å². The normalized spacial score (nSPS) is 12.5. The van der Waals surface area contributed by atoms with E-state index in [9.17, 15) is 0 Å². The number of nitrogens with one attached hydrogen (secondary N) is 1. The molecule has 0 fully saturated rings. The van der Waals surface area contributed by atoms with E-state index >= 15 is 0 Å². The van der Waals surface area contributed by atoms with Gasteiger partial charge in [0.25, 0.3) is 0 Å². The van der Waals surface area contributed by atoms with Crippen LogP contribution in [0.4, 0.5) is 0 Å². The molecule has 0 aliphatic carbocycles. The van der Waals surface area contributed by atoms with Crippen molar-refractivity contribution in [1.82, 2.24) is 5.32 Å². The van der Waals surface area contributed by atoms with Crippen molar-refractivity contribution in [2.75, 3.05) is 26.9 Å². The van der Waals surface area contributed by atoms with Gasteiger partial charge in [-0.25, -0.2) is 0 Å². The summed E-state index contributed by atoms with van der Waals surface area (Å²) in [6.45, 7) is 4.09. The van der Waals surface area contributed by atoms with Crippen molar-refractivity contribution in [1.29, 1.82) is 0 Å². The second kappa shape index (κ2) is 7.93. The fraction of sp³-hybridized carbons (Fsp3) is 0.500. The van der Waals surface area contributed by atoms with Crippen LogP contribution in [0.2, 0.25) is 5.02 Å². The average Bonchev–Trinajstić information content (AvgIpc) is 2.29. The molecule has 0 saturated carbocycles. The van der Waals surface area contributed by atoms with Crippen LogP contribution in [0.1, 0.15) is 6.92 Å². The van der Waals surface area contributed by atoms with E-state index in [2.05, 4.69) is 28.2 Å². The third kappa shape index (κ3) is 5.73. The third-order valence-corrected chi connectivity index (χ3v) is 2.97. The monoisotopic (exact) mass is 321 g/mol. The Balaban J connectivity index is 2.28. The van der Waals surface area contributed by atoms with E-state index < -0.39 is 0 Å². The highest BCUT2D eigenvalue weighted by Gasteiger charge is 2.03. The zero-order chi connectivity index (χ0) is 12.7. The van der Waals surface area contributed by atoms with Crippen molar-refractivity contribution in [3.63, 3.8) is 0 Å². The maximum absolute atomic E-state index is 6.00. The van der Waals surface area contributed by atoms with Crippen LogP contribution in [-0.2, 0) is 4.74 Å². The van der Waals surface area contributed by atoms with Crippen molar-refractivity contribution in [2.24, 2.45) is 0 Å². The van der Waals surface area contributed by atoms with Crippen molar-refractivity contribution >= 4 is 27.5 Å². The number of ether oxygens (including phenoxy) is 2. The smallest absolute Gasteiger partial charge is 0.139 e. The standard InChI is InChI=1S/C12H17BrClNO2/c1-9(8-16-2)15-5-6-17-12-7-10(13)3-4-11(12)14/h3-4,7,9,15H,5-6,8H2,1-2H3. The molecule has 0 radical (unpaired) electrons. The van der Waals surface area contributed by atoms with E-state index in [0.29, 0.717) is 30.0 Å². The second-order valence-electron chi connectivity index (χ2n) is 3.73. The van der Waals surface area contributed by atoms with E-state index in [0.717, 1.165) is 11.0 Å². The Hall–Kier alpha value is -0.290. The van der Waals surface area contributed by atoms with Gasteiger partial charge in [-0.05, 0) is 25.1 Å². The number of hydrogen-bond donors (Lipinski definition) is 1. The van der Waals surface area contributed by atoms with Gasteiger partial charge in [0, 0.05) is 24.2 Å². The van der Waals surface area contributed by atoms with Crippen molar-refractivity contribution < 1.29 is 9.47 Å². The molecule has 0 amide bonds. The fourth-order valence-corrected chi connectivity index (χ4v) is 1.88. The summed E-state index contributed by atoms with van der Waals surface area (Å²) in [5.41, 5.74) is 0. The van der Waals surface area contributed by atoms with Gasteiger partial charge in [0.05, 0.1) is 11.6 Å². The highest BCUT2D eigenvalue weighted by atomic mass is 79.9. The van der Waals surface area contributed by atoms with Crippen LogP contribution in [0, 0.1) is 0 Å². The summed E-state index contributed by atoms with van der Waals surface area (Å²) in [7, 11) is 1.69. The molecule has 3 nitrogen and oxygen atoms in total. The lowest BCUT2D eigenvalue weighted by Crippen LogP contribution is -2.33. The molecule has 1 unspecified atom stereocenters. The molecular formula is C12H17BrClNO2. The molecule has 0 aliphatic heterocycles. The first-order valence-electron chi connectivity index (χ1n) is 5.43. The quantitative estimate of drug-likeness (QED) is 0.783. The summed E-state index contributed by atoms with van der Waals surface area (Å²) >= 11 is 9.38. The summed E-state index contributed by atoms with van der Waals surface area (Å²) in [6, 6.07) is 5.87. The molecule has 0 aromatic heterocycles. The van der Waals surface area contributed by atoms with Gasteiger partial charge in [-0.15, -0.1) is 0 Å². The molecule has 96 valence electrons. The highest BCUT2D eigenvalue weighted by molar-refractivity contribution is 9.10. The maximum atomic E-state index is 6.00. The Labute approximate surface area is 116 Å². The van der Waals surface area contributed by atoms with Crippen molar-refractivity contribution in [3.05, 3.63) is 27.7 Å². The largest absolute Gasteiger partial charge is 0.491 e. The summed E-state index contributed by atoms with van der Waals surface area (Å²) in [6.07, 6.45) is 0. The van der Waals surface area contributed by atoms with E-state index in [1.54, 1.807) is 7.11 Å². The molecule has 1 aromatic rings. The molecule has 1 atom stereocenters. The second-order valence-corrected chi connectivity index (χ2v) is 5.06. The van der Waals surface area contributed by atoms with Crippen LogP contribution in [0.25, 0.3) is 0 Å². The van der Waals surface area contributed by atoms with Gasteiger partial charge < -0.3 is 14.8 Å². The molecule has 0 bridgehead atoms. The molecule has 1 rings (SSSR count). The lowest BCUT2D eigenvalue weighted by atomic mass is 10.3. The number of benzene rings is 1. The molecule has 1 aromatic carbocycles. The number of rotatable bonds is 7. The Morgan fingerprint density at radius 1 is 1.47 bits per heavy atom. The van der Waals surface area contributed by atoms with Gasteiger partial charge in [-0.2, -0.15) is 0 Å². The van der Waals surface area contributed by atoms with E-state index in [-0.39, 0.29) is 0 Å². The summed E-state index contributed by atoms with van der Waals surface area (Å²) in [4.78, 5) is 0. The molecule has 5 heteroatoms. The Morgan fingerprint density at radius 2 is 2.24 bits per heavy atom. The van der Waals surface area contributed by atoms with Crippen LogP contribution in [0.3, 0.4) is 0 Å². The topological polar surface area (TPSA) is 30.5 Å². The molecule has 17 heavy (non-hydrogen) atoms. The van der Waals surface area contributed by atoms with Crippen LogP contribution in [0.15, 0.2) is 22.7 Å². The average molecular weight is 323 g/mol. The minimum Gasteiger partial charge on any atom is -0.491 e. The Bertz CT molecular complexity index is 349. The lowest BCUT2D eigenvalue weighted by Gasteiger charge is -2.13. The van der Waals surface area contributed by atoms with Gasteiger partial charge in [0.2, 0.25) is 0 Å². The van der Waals surface area contributed by atoms with E-state index in [1.165, 1.54) is 0 Å². The number of methoxy groups -OCH3 is 1. The zero-order valence-corrected chi connectivity index (χ0v) is 12.3. The van der Waals surface area contributed by atoms with Gasteiger partial charge in [-0.1, -0.05) is 27.5 Å². The molecule has 1 N–H and O–H groups in total. The van der Waals surface area contributed by atoms with Crippen molar-refractivity contribution in [3.8, 4) is 5.75 Å². The first kappa shape index (κ1) is 14.8. The SMILES string of the molecule is COCC(C)NCCOc1cc(Br)ccc1Cl. The number of hydrogen-bond acceptors (Lipinski definition) is 3. The minimum absolute atomic E-state index is 0.321. The molecule has 0 spiro atoms. The van der Waals surface area contributed by atoms with Gasteiger partial charge in [0.15, 0.2) is 0 Å². The van der Waals surface area contributed by atoms with Crippen LogP contribution in [0.5, 0.6) is 5.75 Å². The number of halogens is 2. The first-order chi connectivity index (χ1) is 8.13. The molecule has 0 saturated heterocycles. The van der Waals surface area contributed by atoms with Crippen LogP contribution < -0.4 is 10.1 Å². The van der Waals surface area contributed by atoms with Gasteiger partial charge >= 0.3 is 0 Å². The molecule has 0 aliphatic rings. The van der Waals surface area contributed by atoms with Crippen LogP contribution in [-0.4, -0.2) is 32.9 Å². The predicted molar refractivity (Wildman–Crippen MR) is 74.0 cm³/mol. The fourth-order valence-electron chi connectivity index (χ4n) is 1.36. The first-order valence-corrected chi connectivity index (χ1v) is 6.60.